The minimum absolute atomic E-state index is 0.0262. The van der Waals surface area contributed by atoms with E-state index in [0.717, 1.165) is 37.1 Å². The van der Waals surface area contributed by atoms with Crippen LogP contribution in [0.4, 0.5) is 16.8 Å². The fourth-order valence-corrected chi connectivity index (χ4v) is 5.95. The molecule has 0 spiro atoms. The first-order valence-corrected chi connectivity index (χ1v) is 13.3. The number of rotatable bonds is 9. The minimum atomic E-state index is -0.0877. The van der Waals surface area contributed by atoms with Crippen LogP contribution >= 0.6 is 11.3 Å². The quantitative estimate of drug-likeness (QED) is 0.404. The van der Waals surface area contributed by atoms with Crippen molar-refractivity contribution in [3.8, 4) is 5.88 Å². The van der Waals surface area contributed by atoms with Gasteiger partial charge in [0.25, 0.3) is 5.91 Å². The van der Waals surface area contributed by atoms with Crippen molar-refractivity contribution in [2.24, 2.45) is 18.9 Å². The molecule has 3 aliphatic carbocycles. The summed E-state index contributed by atoms with van der Waals surface area (Å²) in [6, 6.07) is 1.87. The Morgan fingerprint density at radius 2 is 2.06 bits per heavy atom. The summed E-state index contributed by atoms with van der Waals surface area (Å²) < 4.78 is 8.93. The zero-order valence-corrected chi connectivity index (χ0v) is 21.2. The van der Waals surface area contributed by atoms with Gasteiger partial charge in [0.15, 0.2) is 0 Å². The summed E-state index contributed by atoms with van der Waals surface area (Å²) in [5.41, 5.74) is 1.66. The van der Waals surface area contributed by atoms with Crippen molar-refractivity contribution in [2.45, 2.75) is 51.0 Å². The lowest BCUT2D eigenvalue weighted by Gasteiger charge is -2.25. The number of amides is 2. The largest absolute Gasteiger partial charge is 0.480 e. The van der Waals surface area contributed by atoms with Gasteiger partial charge in [-0.2, -0.15) is 0 Å². The normalized spacial score (nSPS) is 19.0. The topological polar surface area (TPSA) is 128 Å². The molecule has 2 amide bonds. The van der Waals surface area contributed by atoms with Crippen molar-refractivity contribution in [3.05, 3.63) is 28.4 Å². The van der Waals surface area contributed by atoms with Crippen LogP contribution in [0.15, 0.2) is 12.4 Å². The van der Waals surface area contributed by atoms with Gasteiger partial charge in [-0.05, 0) is 56.4 Å². The molecule has 36 heavy (non-hydrogen) atoms. The van der Waals surface area contributed by atoms with E-state index in [4.69, 9.17) is 4.74 Å². The predicted molar refractivity (Wildman–Crippen MR) is 135 cm³/mol. The fourth-order valence-electron chi connectivity index (χ4n) is 4.71. The van der Waals surface area contributed by atoms with Crippen molar-refractivity contribution in [1.29, 1.82) is 0 Å². The maximum Gasteiger partial charge on any atom is 0.254 e. The number of hydrogen-bond acceptors (Lipinski definition) is 8. The van der Waals surface area contributed by atoms with Gasteiger partial charge in [-0.25, -0.2) is 4.68 Å². The molecule has 0 aromatic carbocycles. The molecule has 3 aromatic rings. The van der Waals surface area contributed by atoms with Gasteiger partial charge in [0, 0.05) is 36.5 Å². The number of carbonyl (C=O) groups excluding carboxylic acids is 2. The Kier molecular flexibility index (Phi) is 5.90. The molecule has 3 aromatic heterocycles. The molecule has 3 heterocycles. The molecule has 0 saturated heterocycles. The third kappa shape index (κ3) is 4.57. The van der Waals surface area contributed by atoms with Crippen LogP contribution in [0.5, 0.6) is 5.88 Å². The standard InChI is InChI=1S/C24H30N8O3S/c1-31-18(10-19(30-31)35-2)27-24-29-26-12-32(24)15-7-8-17-16(9-15)20(22(34)25-11-13-3-4-13)23(36-17)28-21(33)14-5-6-14/h10,12-15H,3-9,11H2,1-2H3,(H,25,34)(H,27,29)(H,28,33)/t15-/m0/s1. The van der Waals surface area contributed by atoms with E-state index in [9.17, 15) is 9.59 Å². The number of hydrogen-bond donors (Lipinski definition) is 3. The first kappa shape index (κ1) is 23.0. The molecule has 0 bridgehead atoms. The maximum absolute atomic E-state index is 13.3. The fraction of sp³-hybridized carbons (Fsp3) is 0.542. The van der Waals surface area contributed by atoms with Crippen LogP contribution < -0.4 is 20.7 Å². The molecule has 12 heteroatoms. The Bertz CT molecular complexity index is 1300. The van der Waals surface area contributed by atoms with E-state index >= 15 is 0 Å². The van der Waals surface area contributed by atoms with Crippen molar-refractivity contribution < 1.29 is 14.3 Å². The summed E-state index contributed by atoms with van der Waals surface area (Å²) in [6.07, 6.45) is 8.28. The highest BCUT2D eigenvalue weighted by molar-refractivity contribution is 7.17. The lowest BCUT2D eigenvalue weighted by molar-refractivity contribution is -0.117. The number of anilines is 3. The van der Waals surface area contributed by atoms with Gasteiger partial charge < -0.3 is 20.7 Å². The lowest BCUT2D eigenvalue weighted by Crippen LogP contribution is -2.28. The molecular weight excluding hydrogens is 480 g/mol. The molecule has 1 atom stereocenters. The molecule has 2 fully saturated rings. The number of aryl methyl sites for hydroxylation is 2. The van der Waals surface area contributed by atoms with Crippen molar-refractivity contribution in [1.82, 2.24) is 29.9 Å². The number of aromatic nitrogens is 5. The Hall–Kier alpha value is -3.41. The van der Waals surface area contributed by atoms with Gasteiger partial charge in [-0.1, -0.05) is 0 Å². The summed E-state index contributed by atoms with van der Waals surface area (Å²) in [4.78, 5) is 27.1. The zero-order valence-electron chi connectivity index (χ0n) is 20.4. The summed E-state index contributed by atoms with van der Waals surface area (Å²) >= 11 is 1.55. The first-order chi connectivity index (χ1) is 17.5. The molecule has 0 aliphatic heterocycles. The van der Waals surface area contributed by atoms with E-state index in [-0.39, 0.29) is 23.8 Å². The third-order valence-corrected chi connectivity index (χ3v) is 8.38. The molecule has 190 valence electrons. The number of fused-ring (bicyclic) bond motifs is 1. The number of nitrogens with one attached hydrogen (secondary N) is 3. The van der Waals surface area contributed by atoms with Crippen molar-refractivity contribution in [3.63, 3.8) is 0 Å². The van der Waals surface area contributed by atoms with Crippen LogP contribution in [0.3, 0.4) is 0 Å². The molecule has 0 radical (unpaired) electrons. The second-order valence-corrected chi connectivity index (χ2v) is 11.0. The van der Waals surface area contributed by atoms with E-state index < -0.39 is 0 Å². The first-order valence-electron chi connectivity index (χ1n) is 12.5. The van der Waals surface area contributed by atoms with E-state index in [0.29, 0.717) is 41.3 Å². The third-order valence-electron chi connectivity index (χ3n) is 7.17. The van der Waals surface area contributed by atoms with E-state index in [2.05, 4.69) is 31.2 Å². The van der Waals surface area contributed by atoms with Crippen LogP contribution in [-0.2, 0) is 24.7 Å². The predicted octanol–water partition coefficient (Wildman–Crippen LogP) is 3.04. The summed E-state index contributed by atoms with van der Waals surface area (Å²) in [5, 5.41) is 22.9. The minimum Gasteiger partial charge on any atom is -0.480 e. The van der Waals surface area contributed by atoms with Crippen LogP contribution in [0.25, 0.3) is 0 Å². The molecule has 3 aliphatic rings. The van der Waals surface area contributed by atoms with E-state index in [1.165, 1.54) is 17.7 Å². The van der Waals surface area contributed by atoms with E-state index in [1.54, 1.807) is 35.5 Å². The van der Waals surface area contributed by atoms with Crippen LogP contribution in [0, 0.1) is 11.8 Å². The Balaban J connectivity index is 1.26. The number of nitrogens with zero attached hydrogens (tertiary/aromatic N) is 5. The molecule has 0 unspecified atom stereocenters. The van der Waals surface area contributed by atoms with Crippen LogP contribution in [0.2, 0.25) is 0 Å². The van der Waals surface area contributed by atoms with Gasteiger partial charge in [-0.15, -0.1) is 26.6 Å². The average molecular weight is 511 g/mol. The smallest absolute Gasteiger partial charge is 0.254 e. The number of methoxy groups -OCH3 is 1. The van der Waals surface area contributed by atoms with Gasteiger partial charge in [0.1, 0.15) is 17.1 Å². The van der Waals surface area contributed by atoms with E-state index in [1.807, 2.05) is 11.6 Å². The van der Waals surface area contributed by atoms with Gasteiger partial charge >= 0.3 is 0 Å². The molecule has 11 nitrogen and oxygen atoms in total. The number of thiophene rings is 1. The van der Waals surface area contributed by atoms with Crippen LogP contribution in [-0.4, -0.2) is 50.0 Å². The highest BCUT2D eigenvalue weighted by Crippen LogP contribution is 2.43. The Labute approximate surface area is 212 Å². The summed E-state index contributed by atoms with van der Waals surface area (Å²) in [7, 11) is 3.41. The maximum atomic E-state index is 13.3. The van der Waals surface area contributed by atoms with Crippen molar-refractivity contribution in [2.75, 3.05) is 24.3 Å². The summed E-state index contributed by atoms with van der Waals surface area (Å²) in [6.45, 7) is 0.691. The SMILES string of the molecule is COc1cc(Nc2nncn2[C@H]2CCc3sc(NC(=O)C4CC4)c(C(=O)NCC4CC4)c3C2)n(C)n1. The Morgan fingerprint density at radius 1 is 1.22 bits per heavy atom. The molecule has 3 N–H and O–H groups in total. The zero-order chi connectivity index (χ0) is 24.8. The average Bonchev–Trinajstić information content (AvgIpc) is 3.78. The number of carbonyl (C=O) groups is 2. The number of ether oxygens (including phenoxy) is 1. The second kappa shape index (κ2) is 9.23. The van der Waals surface area contributed by atoms with Gasteiger partial charge in [-0.3, -0.25) is 14.2 Å². The highest BCUT2D eigenvalue weighted by atomic mass is 32.1. The monoisotopic (exact) mass is 510 g/mol. The van der Waals surface area contributed by atoms with Gasteiger partial charge in [0.05, 0.1) is 12.7 Å². The van der Waals surface area contributed by atoms with Crippen molar-refractivity contribution >= 4 is 39.9 Å². The Morgan fingerprint density at radius 3 is 2.78 bits per heavy atom. The molecular formula is C24H30N8O3S. The van der Waals surface area contributed by atoms with Crippen LogP contribution in [0.1, 0.15) is 58.9 Å². The molecule has 6 rings (SSSR count). The summed E-state index contributed by atoms with van der Waals surface area (Å²) in [5.74, 6) is 2.44. The molecule has 2 saturated carbocycles. The van der Waals surface area contributed by atoms with Gasteiger partial charge in [0.2, 0.25) is 17.7 Å². The lowest BCUT2D eigenvalue weighted by atomic mass is 9.91. The highest BCUT2D eigenvalue weighted by Gasteiger charge is 2.35. The second-order valence-electron chi connectivity index (χ2n) is 9.90.